The molecule has 20 heavy (non-hydrogen) atoms. The van der Waals surface area contributed by atoms with Gasteiger partial charge in [-0.2, -0.15) is 5.26 Å². The molecular formula is C15H15ClN2O2. The number of carbonyl (C=O) groups is 1. The van der Waals surface area contributed by atoms with Gasteiger partial charge in [-0.1, -0.05) is 24.1 Å². The van der Waals surface area contributed by atoms with Crippen LogP contribution in [0.15, 0.2) is 18.2 Å². The summed E-state index contributed by atoms with van der Waals surface area (Å²) in [6, 6.07) is 7.37. The summed E-state index contributed by atoms with van der Waals surface area (Å²) in [5, 5.41) is 19.4. The van der Waals surface area contributed by atoms with Crippen molar-refractivity contribution in [1.29, 1.82) is 5.26 Å². The van der Waals surface area contributed by atoms with Crippen molar-refractivity contribution in [2.24, 2.45) is 11.3 Å². The maximum atomic E-state index is 11.7. The number of fused-ring (bicyclic) bond motifs is 1. The highest BCUT2D eigenvalue weighted by atomic mass is 35.5. The molecule has 1 aromatic rings. The monoisotopic (exact) mass is 290 g/mol. The summed E-state index contributed by atoms with van der Waals surface area (Å²) < 4.78 is 0. The third-order valence-electron chi connectivity index (χ3n) is 4.72. The summed E-state index contributed by atoms with van der Waals surface area (Å²) in [4.78, 5) is 13.7. The first kappa shape index (κ1) is 13.3. The molecule has 1 saturated heterocycles. The summed E-state index contributed by atoms with van der Waals surface area (Å²) >= 11 is 6.23. The van der Waals surface area contributed by atoms with Crippen LogP contribution in [0.1, 0.15) is 24.8 Å². The van der Waals surface area contributed by atoms with E-state index in [4.69, 9.17) is 11.6 Å². The largest absolute Gasteiger partial charge is 0.481 e. The Morgan fingerprint density at radius 1 is 1.55 bits per heavy atom. The maximum absolute atomic E-state index is 11.7. The second-order valence-electron chi connectivity index (χ2n) is 5.68. The number of halogens is 1. The van der Waals surface area contributed by atoms with Crippen LogP contribution in [0.2, 0.25) is 5.02 Å². The molecule has 0 unspecified atom stereocenters. The molecule has 3 rings (SSSR count). The number of hydrogen-bond acceptors (Lipinski definition) is 3. The van der Waals surface area contributed by atoms with Crippen LogP contribution in [0, 0.1) is 22.7 Å². The quantitative estimate of drug-likeness (QED) is 0.909. The highest BCUT2D eigenvalue weighted by Gasteiger charge is 2.55. The highest BCUT2D eigenvalue weighted by molar-refractivity contribution is 6.33. The first-order valence-corrected chi connectivity index (χ1v) is 7.13. The van der Waals surface area contributed by atoms with E-state index < -0.39 is 11.4 Å². The van der Waals surface area contributed by atoms with Gasteiger partial charge in [0.1, 0.15) is 6.07 Å². The highest BCUT2D eigenvalue weighted by Crippen LogP contribution is 2.51. The number of rotatable bonds is 2. The van der Waals surface area contributed by atoms with Crippen molar-refractivity contribution in [3.8, 4) is 6.07 Å². The number of anilines is 1. The van der Waals surface area contributed by atoms with Gasteiger partial charge in [0.15, 0.2) is 0 Å². The molecule has 1 aromatic carbocycles. The Kier molecular flexibility index (Phi) is 3.10. The lowest BCUT2D eigenvalue weighted by molar-refractivity contribution is -0.149. The standard InChI is InChI=1S/C15H15ClN2O2/c16-12-5-1-3-10(7-17)13(12)18-8-11-4-2-6-15(11,9-18)14(19)20/h1,3,5,11H,2,4,6,8-9H2,(H,19,20)/t11-,15+/m0/s1. The van der Waals surface area contributed by atoms with Gasteiger partial charge in [0.25, 0.3) is 0 Å². The zero-order valence-electron chi connectivity index (χ0n) is 11.0. The molecule has 104 valence electrons. The van der Waals surface area contributed by atoms with Gasteiger partial charge in [0.05, 0.1) is 21.7 Å². The number of carboxylic acids is 1. The lowest BCUT2D eigenvalue weighted by atomic mass is 9.81. The molecule has 0 radical (unpaired) electrons. The fourth-order valence-corrected chi connectivity index (χ4v) is 4.03. The number of carboxylic acid groups (broad SMARTS) is 1. The van der Waals surface area contributed by atoms with Crippen LogP contribution < -0.4 is 4.90 Å². The molecule has 2 aliphatic rings. The Bertz CT molecular complexity index is 610. The molecule has 1 heterocycles. The van der Waals surface area contributed by atoms with E-state index >= 15 is 0 Å². The molecule has 0 amide bonds. The lowest BCUT2D eigenvalue weighted by Crippen LogP contribution is -2.35. The van der Waals surface area contributed by atoms with Gasteiger partial charge < -0.3 is 10.0 Å². The van der Waals surface area contributed by atoms with Crippen molar-refractivity contribution in [3.63, 3.8) is 0 Å². The Labute approximate surface area is 122 Å². The summed E-state index contributed by atoms with van der Waals surface area (Å²) in [7, 11) is 0. The molecule has 5 heteroatoms. The van der Waals surface area contributed by atoms with Crippen LogP contribution in [0.25, 0.3) is 0 Å². The zero-order valence-corrected chi connectivity index (χ0v) is 11.7. The SMILES string of the molecule is N#Cc1cccc(Cl)c1N1C[C@@H]2CCC[C@@]2(C(=O)O)C1. The summed E-state index contributed by atoms with van der Waals surface area (Å²) in [5.41, 5.74) is 0.538. The van der Waals surface area contributed by atoms with Crippen LogP contribution in [0.4, 0.5) is 5.69 Å². The predicted molar refractivity (Wildman–Crippen MR) is 75.8 cm³/mol. The van der Waals surface area contributed by atoms with Crippen molar-refractivity contribution in [2.45, 2.75) is 19.3 Å². The average Bonchev–Trinajstić information content (AvgIpc) is 2.95. The summed E-state index contributed by atoms with van der Waals surface area (Å²) in [6.45, 7) is 1.12. The van der Waals surface area contributed by atoms with E-state index in [1.54, 1.807) is 18.2 Å². The number of nitrogens with zero attached hydrogens (tertiary/aromatic N) is 2. The zero-order chi connectivity index (χ0) is 14.3. The summed E-state index contributed by atoms with van der Waals surface area (Å²) in [6.07, 6.45) is 2.63. The molecule has 4 nitrogen and oxygen atoms in total. The second kappa shape index (κ2) is 4.68. The molecule has 2 atom stereocenters. The maximum Gasteiger partial charge on any atom is 0.311 e. The minimum atomic E-state index is -0.715. The van der Waals surface area contributed by atoms with E-state index in [0.717, 1.165) is 19.3 Å². The van der Waals surface area contributed by atoms with Crippen LogP contribution in [0.5, 0.6) is 0 Å². The Morgan fingerprint density at radius 3 is 3.00 bits per heavy atom. The van der Waals surface area contributed by atoms with Crippen molar-refractivity contribution in [2.75, 3.05) is 18.0 Å². The van der Waals surface area contributed by atoms with Crippen LogP contribution in [0.3, 0.4) is 0 Å². The number of nitriles is 1. The number of hydrogen-bond donors (Lipinski definition) is 1. The molecule has 0 spiro atoms. The molecule has 0 bridgehead atoms. The van der Waals surface area contributed by atoms with E-state index in [0.29, 0.717) is 29.4 Å². The van der Waals surface area contributed by atoms with E-state index in [1.807, 2.05) is 4.90 Å². The Balaban J connectivity index is 2.00. The Hall–Kier alpha value is -1.73. The third-order valence-corrected chi connectivity index (χ3v) is 5.03. The fraction of sp³-hybridized carbons (Fsp3) is 0.467. The predicted octanol–water partition coefficient (Wildman–Crippen LogP) is 2.90. The molecular weight excluding hydrogens is 276 g/mol. The van der Waals surface area contributed by atoms with Crippen LogP contribution >= 0.6 is 11.6 Å². The van der Waals surface area contributed by atoms with E-state index in [-0.39, 0.29) is 5.92 Å². The Morgan fingerprint density at radius 2 is 2.35 bits per heavy atom. The lowest BCUT2D eigenvalue weighted by Gasteiger charge is -2.25. The molecule has 1 N–H and O–H groups in total. The van der Waals surface area contributed by atoms with Crippen molar-refractivity contribution >= 4 is 23.3 Å². The van der Waals surface area contributed by atoms with Crippen LogP contribution in [-0.2, 0) is 4.79 Å². The first-order chi connectivity index (χ1) is 9.58. The van der Waals surface area contributed by atoms with Gasteiger partial charge in [-0.15, -0.1) is 0 Å². The number of aliphatic carboxylic acids is 1. The topological polar surface area (TPSA) is 64.3 Å². The average molecular weight is 291 g/mol. The molecule has 0 aromatic heterocycles. The normalized spacial score (nSPS) is 28.2. The first-order valence-electron chi connectivity index (χ1n) is 6.75. The van der Waals surface area contributed by atoms with Crippen molar-refractivity contribution in [1.82, 2.24) is 0 Å². The van der Waals surface area contributed by atoms with Gasteiger partial charge in [0.2, 0.25) is 0 Å². The van der Waals surface area contributed by atoms with Gasteiger partial charge >= 0.3 is 5.97 Å². The smallest absolute Gasteiger partial charge is 0.311 e. The molecule has 2 fully saturated rings. The minimum absolute atomic E-state index is 0.155. The van der Waals surface area contributed by atoms with Crippen molar-refractivity contribution < 1.29 is 9.90 Å². The number of para-hydroxylation sites is 1. The summed E-state index contributed by atoms with van der Waals surface area (Å²) in [5.74, 6) is -0.559. The van der Waals surface area contributed by atoms with Gasteiger partial charge in [-0.3, -0.25) is 4.79 Å². The molecule has 1 saturated carbocycles. The van der Waals surface area contributed by atoms with E-state index in [9.17, 15) is 15.2 Å². The van der Waals surface area contributed by atoms with E-state index in [1.165, 1.54) is 0 Å². The molecule has 1 aliphatic heterocycles. The molecule has 1 aliphatic carbocycles. The fourth-order valence-electron chi connectivity index (χ4n) is 3.74. The van der Waals surface area contributed by atoms with E-state index in [2.05, 4.69) is 6.07 Å². The number of benzene rings is 1. The van der Waals surface area contributed by atoms with Crippen molar-refractivity contribution in [3.05, 3.63) is 28.8 Å². The van der Waals surface area contributed by atoms with Gasteiger partial charge in [0, 0.05) is 13.1 Å². The minimum Gasteiger partial charge on any atom is -0.481 e. The third kappa shape index (κ3) is 1.77. The second-order valence-corrected chi connectivity index (χ2v) is 6.09. The van der Waals surface area contributed by atoms with Gasteiger partial charge in [-0.25, -0.2) is 0 Å². The van der Waals surface area contributed by atoms with Crippen LogP contribution in [-0.4, -0.2) is 24.2 Å². The van der Waals surface area contributed by atoms with Gasteiger partial charge in [-0.05, 0) is 30.9 Å².